The van der Waals surface area contributed by atoms with Gasteiger partial charge in [-0.3, -0.25) is 9.59 Å². The number of hydrogen-bond donors (Lipinski definition) is 2. The van der Waals surface area contributed by atoms with E-state index in [1.54, 1.807) is 32.6 Å². The molecule has 0 saturated carbocycles. The highest BCUT2D eigenvalue weighted by Crippen LogP contribution is 2.31. The molecule has 0 bridgehead atoms. The van der Waals surface area contributed by atoms with Gasteiger partial charge in [0.1, 0.15) is 17.7 Å². The van der Waals surface area contributed by atoms with Crippen molar-refractivity contribution in [1.82, 2.24) is 15.5 Å². The van der Waals surface area contributed by atoms with Gasteiger partial charge >= 0.3 is 6.09 Å². The molecule has 0 aliphatic rings. The molecule has 7 heteroatoms. The summed E-state index contributed by atoms with van der Waals surface area (Å²) in [4.78, 5) is 41.2. The molecule has 3 amide bonds. The van der Waals surface area contributed by atoms with Crippen molar-refractivity contribution in [3.8, 4) is 0 Å². The summed E-state index contributed by atoms with van der Waals surface area (Å²) in [6, 6.07) is 4.11. The van der Waals surface area contributed by atoms with Crippen molar-refractivity contribution in [3.05, 3.63) is 34.9 Å². The number of rotatable bonds is 5. The fourth-order valence-corrected chi connectivity index (χ4v) is 3.62. The summed E-state index contributed by atoms with van der Waals surface area (Å²) < 4.78 is 5.31. The molecule has 0 saturated heterocycles. The van der Waals surface area contributed by atoms with Crippen LogP contribution in [0.2, 0.25) is 0 Å². The molecule has 0 heterocycles. The normalized spacial score (nSPS) is 14.2. The van der Waals surface area contributed by atoms with Gasteiger partial charge in [0.25, 0.3) is 0 Å². The summed E-state index contributed by atoms with van der Waals surface area (Å²) in [6.45, 7) is 22.1. The van der Waals surface area contributed by atoms with E-state index < -0.39 is 34.9 Å². The summed E-state index contributed by atoms with van der Waals surface area (Å²) in [5.41, 5.74) is 0.839. The minimum Gasteiger partial charge on any atom is -0.444 e. The number of nitrogens with zero attached hydrogens (tertiary/aromatic N) is 1. The Kier molecular flexibility index (Phi) is 8.75. The van der Waals surface area contributed by atoms with Gasteiger partial charge in [0.2, 0.25) is 11.8 Å². The molecule has 33 heavy (non-hydrogen) atoms. The zero-order valence-corrected chi connectivity index (χ0v) is 22.5. The van der Waals surface area contributed by atoms with Crippen molar-refractivity contribution in [2.45, 2.75) is 112 Å². The SMILES string of the molecule is Cc1cc(C)cc(C(C(=O)NC(C)(C)C)N(C(=O)C(C)NC(=O)OC(C)(C)C)C(C)(C)C)c1. The average Bonchev–Trinajstić information content (AvgIpc) is 2.53. The molecule has 1 aromatic carbocycles. The number of ether oxygens (including phenoxy) is 1. The fraction of sp³-hybridized carbons (Fsp3) is 0.654. The quantitative estimate of drug-likeness (QED) is 0.659. The first-order valence-corrected chi connectivity index (χ1v) is 11.4. The lowest BCUT2D eigenvalue weighted by molar-refractivity contribution is -0.148. The van der Waals surface area contributed by atoms with E-state index in [0.717, 1.165) is 16.7 Å². The number of alkyl carbamates (subject to hydrolysis) is 1. The highest BCUT2D eigenvalue weighted by Gasteiger charge is 2.41. The zero-order valence-electron chi connectivity index (χ0n) is 22.5. The van der Waals surface area contributed by atoms with E-state index in [4.69, 9.17) is 4.74 Å². The van der Waals surface area contributed by atoms with Crippen molar-refractivity contribution in [1.29, 1.82) is 0 Å². The van der Waals surface area contributed by atoms with Gasteiger partial charge in [-0.2, -0.15) is 0 Å². The van der Waals surface area contributed by atoms with Crippen LogP contribution in [-0.2, 0) is 14.3 Å². The van der Waals surface area contributed by atoms with E-state index in [9.17, 15) is 14.4 Å². The predicted octanol–water partition coefficient (Wildman–Crippen LogP) is 4.80. The molecule has 186 valence electrons. The zero-order chi connectivity index (χ0) is 25.9. The number of benzene rings is 1. The minimum absolute atomic E-state index is 0.278. The molecule has 2 atom stereocenters. The van der Waals surface area contributed by atoms with Crippen LogP contribution >= 0.6 is 0 Å². The highest BCUT2D eigenvalue weighted by atomic mass is 16.6. The van der Waals surface area contributed by atoms with Gasteiger partial charge in [-0.25, -0.2) is 4.79 Å². The molecule has 0 aliphatic heterocycles. The first-order valence-electron chi connectivity index (χ1n) is 11.4. The maximum Gasteiger partial charge on any atom is 0.408 e. The molecule has 7 nitrogen and oxygen atoms in total. The maximum atomic E-state index is 13.7. The van der Waals surface area contributed by atoms with Gasteiger partial charge in [-0.05, 0) is 88.6 Å². The predicted molar refractivity (Wildman–Crippen MR) is 132 cm³/mol. The smallest absolute Gasteiger partial charge is 0.408 e. The molecular weight excluding hydrogens is 418 g/mol. The lowest BCUT2D eigenvalue weighted by atomic mass is 9.93. The fourth-order valence-electron chi connectivity index (χ4n) is 3.62. The van der Waals surface area contributed by atoms with E-state index in [2.05, 4.69) is 10.6 Å². The third kappa shape index (κ3) is 9.06. The largest absolute Gasteiger partial charge is 0.444 e. The first kappa shape index (κ1) is 28.5. The molecule has 1 aromatic rings. The molecule has 0 aliphatic carbocycles. The molecule has 0 spiro atoms. The van der Waals surface area contributed by atoms with E-state index in [1.807, 2.05) is 73.6 Å². The van der Waals surface area contributed by atoms with Crippen molar-refractivity contribution in [3.63, 3.8) is 0 Å². The summed E-state index contributed by atoms with van der Waals surface area (Å²) in [6.07, 6.45) is -0.681. The second-order valence-electron chi connectivity index (χ2n) is 11.8. The van der Waals surface area contributed by atoms with Crippen LogP contribution in [-0.4, -0.2) is 45.5 Å². The average molecular weight is 462 g/mol. The van der Waals surface area contributed by atoms with Crippen LogP contribution in [0.4, 0.5) is 4.79 Å². The minimum atomic E-state index is -0.894. The Morgan fingerprint density at radius 3 is 1.76 bits per heavy atom. The number of nitrogens with one attached hydrogen (secondary N) is 2. The number of hydrogen-bond acceptors (Lipinski definition) is 4. The van der Waals surface area contributed by atoms with E-state index in [1.165, 1.54) is 0 Å². The van der Waals surface area contributed by atoms with Crippen LogP contribution in [0.5, 0.6) is 0 Å². The van der Waals surface area contributed by atoms with Gasteiger partial charge in [0, 0.05) is 11.1 Å². The molecule has 1 rings (SSSR count). The van der Waals surface area contributed by atoms with E-state index in [0.29, 0.717) is 0 Å². The van der Waals surface area contributed by atoms with Crippen LogP contribution in [0.25, 0.3) is 0 Å². The lowest BCUT2D eigenvalue weighted by Crippen LogP contribution is -2.59. The third-order valence-electron chi connectivity index (χ3n) is 4.63. The Bertz CT molecular complexity index is 853. The summed E-state index contributed by atoms with van der Waals surface area (Å²) in [7, 11) is 0. The van der Waals surface area contributed by atoms with Gasteiger partial charge in [0.05, 0.1) is 0 Å². The standard InChI is InChI=1S/C26H43N3O4/c1-16-13-17(2)15-19(14-16)20(21(30)28-24(4,5)6)29(25(7,8)9)22(31)18(3)27-23(32)33-26(10,11)12/h13-15,18,20H,1-12H3,(H,27,32)(H,28,30). The lowest BCUT2D eigenvalue weighted by Gasteiger charge is -2.43. The van der Waals surface area contributed by atoms with Crippen LogP contribution in [0.3, 0.4) is 0 Å². The number of carbonyl (C=O) groups is 3. The van der Waals surface area contributed by atoms with Crippen molar-refractivity contribution < 1.29 is 19.1 Å². The molecule has 0 radical (unpaired) electrons. The number of carbonyl (C=O) groups excluding carboxylic acids is 3. The Morgan fingerprint density at radius 2 is 1.36 bits per heavy atom. The van der Waals surface area contributed by atoms with Gasteiger partial charge < -0.3 is 20.3 Å². The second-order valence-corrected chi connectivity index (χ2v) is 11.8. The Hall–Kier alpha value is -2.57. The van der Waals surface area contributed by atoms with Gasteiger partial charge in [0.15, 0.2) is 0 Å². The van der Waals surface area contributed by atoms with Crippen molar-refractivity contribution in [2.24, 2.45) is 0 Å². The van der Waals surface area contributed by atoms with Crippen LogP contribution < -0.4 is 10.6 Å². The molecule has 2 N–H and O–H groups in total. The summed E-state index contributed by atoms with van der Waals surface area (Å²) in [5.74, 6) is -0.651. The van der Waals surface area contributed by atoms with E-state index >= 15 is 0 Å². The Balaban J connectivity index is 3.50. The topological polar surface area (TPSA) is 87.7 Å². The number of amides is 3. The van der Waals surface area contributed by atoms with Crippen LogP contribution in [0.1, 0.15) is 92.0 Å². The highest BCUT2D eigenvalue weighted by molar-refractivity contribution is 5.92. The third-order valence-corrected chi connectivity index (χ3v) is 4.63. The summed E-state index contributed by atoms with van der Waals surface area (Å²) >= 11 is 0. The first-order chi connectivity index (χ1) is 14.7. The summed E-state index contributed by atoms with van der Waals surface area (Å²) in [5, 5.41) is 5.65. The van der Waals surface area contributed by atoms with Gasteiger partial charge in [-0.1, -0.05) is 29.3 Å². The van der Waals surface area contributed by atoms with Crippen LogP contribution in [0.15, 0.2) is 18.2 Å². The van der Waals surface area contributed by atoms with Crippen molar-refractivity contribution in [2.75, 3.05) is 0 Å². The van der Waals surface area contributed by atoms with E-state index in [-0.39, 0.29) is 11.8 Å². The molecule has 0 aromatic heterocycles. The second kappa shape index (κ2) is 10.1. The number of aryl methyl sites for hydroxylation is 2. The molecule has 0 fully saturated rings. The Morgan fingerprint density at radius 1 is 0.879 bits per heavy atom. The Labute approximate surface area is 199 Å². The van der Waals surface area contributed by atoms with Crippen LogP contribution in [0, 0.1) is 13.8 Å². The van der Waals surface area contributed by atoms with Crippen molar-refractivity contribution >= 4 is 17.9 Å². The maximum absolute atomic E-state index is 13.7. The monoisotopic (exact) mass is 461 g/mol. The molecular formula is C26H43N3O4. The molecule has 2 unspecified atom stereocenters. The van der Waals surface area contributed by atoms with Gasteiger partial charge in [-0.15, -0.1) is 0 Å².